The average molecular weight is 375 g/mol. The summed E-state index contributed by atoms with van der Waals surface area (Å²) in [7, 11) is 0. The van der Waals surface area contributed by atoms with Crippen LogP contribution in [0.3, 0.4) is 0 Å². The molecule has 2 aromatic carbocycles. The standard InChI is InChI=1S/C22H17NO5/c24-17-11-14-12-23(10-4-7-18(25)26)22(28)16-9-8-15(13-5-2-1-3-6-13)20(19(14)16)21(17)27/h1-3,5-6,8-9,11-12,24H,4,7,10H2,(H,25,26). The van der Waals surface area contributed by atoms with Gasteiger partial charge in [-0.2, -0.15) is 0 Å². The Morgan fingerprint density at radius 2 is 1.79 bits per heavy atom. The fourth-order valence-corrected chi connectivity index (χ4v) is 3.64. The summed E-state index contributed by atoms with van der Waals surface area (Å²) in [5.41, 5.74) is 2.07. The Bertz CT molecular complexity index is 1210. The van der Waals surface area contributed by atoms with Crippen LogP contribution in [0.1, 0.15) is 28.8 Å². The Morgan fingerprint density at radius 1 is 1.04 bits per heavy atom. The van der Waals surface area contributed by atoms with Crippen molar-refractivity contribution in [2.45, 2.75) is 19.4 Å². The van der Waals surface area contributed by atoms with E-state index < -0.39 is 11.8 Å². The predicted octanol–water partition coefficient (Wildman–Crippen LogP) is 3.63. The molecule has 4 rings (SSSR count). The van der Waals surface area contributed by atoms with Gasteiger partial charge in [0.1, 0.15) is 0 Å². The van der Waals surface area contributed by atoms with E-state index in [2.05, 4.69) is 0 Å². The molecule has 0 saturated heterocycles. The first kappa shape index (κ1) is 17.7. The van der Waals surface area contributed by atoms with Gasteiger partial charge < -0.3 is 14.8 Å². The number of aliphatic hydroxyl groups excluding tert-OH is 1. The van der Waals surface area contributed by atoms with Crippen molar-refractivity contribution in [1.29, 1.82) is 0 Å². The van der Waals surface area contributed by atoms with Crippen molar-refractivity contribution in [2.75, 3.05) is 0 Å². The van der Waals surface area contributed by atoms with Gasteiger partial charge in [0.15, 0.2) is 5.76 Å². The number of carboxylic acid groups (broad SMARTS) is 1. The number of ketones is 1. The maximum atomic E-state index is 12.9. The minimum atomic E-state index is -0.923. The first-order valence-corrected chi connectivity index (χ1v) is 8.90. The van der Waals surface area contributed by atoms with E-state index in [0.29, 0.717) is 33.9 Å². The Morgan fingerprint density at radius 3 is 2.50 bits per heavy atom. The van der Waals surface area contributed by atoms with E-state index in [-0.39, 0.29) is 24.3 Å². The molecule has 1 aliphatic rings. The molecule has 1 aliphatic carbocycles. The lowest BCUT2D eigenvalue weighted by Gasteiger charge is -2.19. The maximum absolute atomic E-state index is 12.9. The number of carbonyl (C=O) groups excluding carboxylic acids is 1. The highest BCUT2D eigenvalue weighted by Crippen LogP contribution is 2.36. The number of hydrogen-bond acceptors (Lipinski definition) is 4. The lowest BCUT2D eigenvalue weighted by molar-refractivity contribution is -0.137. The molecule has 0 spiro atoms. The summed E-state index contributed by atoms with van der Waals surface area (Å²) in [4.78, 5) is 36.4. The van der Waals surface area contributed by atoms with Crippen molar-refractivity contribution >= 4 is 28.6 Å². The second kappa shape index (κ2) is 6.81. The number of pyridine rings is 1. The molecule has 0 bridgehead atoms. The Balaban J connectivity index is 1.95. The normalized spacial score (nSPS) is 12.9. The van der Waals surface area contributed by atoms with Crippen LogP contribution < -0.4 is 5.56 Å². The van der Waals surface area contributed by atoms with Gasteiger partial charge in [0.25, 0.3) is 5.56 Å². The van der Waals surface area contributed by atoms with Gasteiger partial charge in [-0.15, -0.1) is 0 Å². The fourth-order valence-electron chi connectivity index (χ4n) is 3.64. The van der Waals surface area contributed by atoms with Crippen LogP contribution in [0, 0.1) is 0 Å². The SMILES string of the molecule is O=C(O)CCCn1cc2c3c(c(-c4ccccc4)ccc3c1=O)C(=O)C(O)=C2. The van der Waals surface area contributed by atoms with Crippen molar-refractivity contribution < 1.29 is 19.8 Å². The Labute approximate surface area is 160 Å². The second-order valence-corrected chi connectivity index (χ2v) is 6.72. The number of aromatic nitrogens is 1. The Hall–Kier alpha value is -3.67. The maximum Gasteiger partial charge on any atom is 0.303 e. The molecule has 0 fully saturated rings. The molecule has 0 atom stereocenters. The number of carbonyl (C=O) groups is 2. The highest BCUT2D eigenvalue weighted by molar-refractivity contribution is 6.24. The van der Waals surface area contributed by atoms with Gasteiger partial charge in [-0.3, -0.25) is 14.4 Å². The minimum absolute atomic E-state index is 0.0441. The molecule has 6 nitrogen and oxygen atoms in total. The van der Waals surface area contributed by atoms with Crippen molar-refractivity contribution in [3.63, 3.8) is 0 Å². The number of nitrogens with zero attached hydrogens (tertiary/aromatic N) is 1. The number of hydrogen-bond donors (Lipinski definition) is 2. The number of aliphatic carboxylic acids is 1. The lowest BCUT2D eigenvalue weighted by atomic mass is 9.86. The van der Waals surface area contributed by atoms with E-state index >= 15 is 0 Å². The third-order valence-corrected chi connectivity index (χ3v) is 4.91. The lowest BCUT2D eigenvalue weighted by Crippen LogP contribution is -2.23. The van der Waals surface area contributed by atoms with Crippen molar-refractivity contribution in [1.82, 2.24) is 4.57 Å². The summed E-state index contributed by atoms with van der Waals surface area (Å²) < 4.78 is 1.44. The molecule has 2 N–H and O–H groups in total. The van der Waals surface area contributed by atoms with Gasteiger partial charge in [-0.1, -0.05) is 36.4 Å². The van der Waals surface area contributed by atoms with Gasteiger partial charge in [-0.05, 0) is 29.7 Å². The summed E-state index contributed by atoms with van der Waals surface area (Å²) in [6.07, 6.45) is 3.20. The van der Waals surface area contributed by atoms with Crippen LogP contribution in [0.15, 0.2) is 59.2 Å². The third-order valence-electron chi connectivity index (χ3n) is 4.91. The zero-order valence-corrected chi connectivity index (χ0v) is 14.9. The third kappa shape index (κ3) is 2.89. The molecule has 0 radical (unpaired) electrons. The second-order valence-electron chi connectivity index (χ2n) is 6.72. The van der Waals surface area contributed by atoms with Crippen LogP contribution in [0.4, 0.5) is 0 Å². The number of aliphatic hydroxyl groups is 1. The molecule has 1 heterocycles. The van der Waals surface area contributed by atoms with E-state index in [1.165, 1.54) is 10.6 Å². The molecule has 1 aromatic heterocycles. The first-order valence-electron chi connectivity index (χ1n) is 8.90. The van der Waals surface area contributed by atoms with E-state index in [4.69, 9.17) is 5.11 Å². The highest BCUT2D eigenvalue weighted by Gasteiger charge is 2.27. The van der Waals surface area contributed by atoms with Crippen molar-refractivity contribution in [3.05, 3.63) is 75.9 Å². The number of benzene rings is 2. The predicted molar refractivity (Wildman–Crippen MR) is 105 cm³/mol. The molecule has 0 unspecified atom stereocenters. The number of rotatable bonds is 5. The monoisotopic (exact) mass is 375 g/mol. The van der Waals surface area contributed by atoms with Gasteiger partial charge in [0.2, 0.25) is 5.78 Å². The molecular weight excluding hydrogens is 358 g/mol. The summed E-state index contributed by atoms with van der Waals surface area (Å²) in [6.45, 7) is 0.242. The van der Waals surface area contributed by atoms with E-state index in [9.17, 15) is 19.5 Å². The molecular formula is C22H17NO5. The van der Waals surface area contributed by atoms with Gasteiger partial charge in [-0.25, -0.2) is 0 Å². The summed E-state index contributed by atoms with van der Waals surface area (Å²) >= 11 is 0. The molecule has 0 saturated carbocycles. The number of aryl methyl sites for hydroxylation is 1. The smallest absolute Gasteiger partial charge is 0.303 e. The number of Topliss-reactive ketones (excluding diaryl/α,β-unsaturated/α-hetero) is 1. The van der Waals surface area contributed by atoms with E-state index in [0.717, 1.165) is 5.56 Å². The largest absolute Gasteiger partial charge is 0.504 e. The minimum Gasteiger partial charge on any atom is -0.504 e. The van der Waals surface area contributed by atoms with E-state index in [1.807, 2.05) is 30.3 Å². The van der Waals surface area contributed by atoms with Crippen LogP contribution in [0.5, 0.6) is 0 Å². The van der Waals surface area contributed by atoms with Gasteiger partial charge in [0.05, 0.1) is 0 Å². The van der Waals surface area contributed by atoms with Crippen molar-refractivity contribution in [2.24, 2.45) is 0 Å². The van der Waals surface area contributed by atoms with Crippen LogP contribution in [0.2, 0.25) is 0 Å². The molecule has 0 amide bonds. The molecule has 6 heteroatoms. The van der Waals surface area contributed by atoms with Crippen LogP contribution in [-0.2, 0) is 11.3 Å². The zero-order valence-electron chi connectivity index (χ0n) is 14.9. The van der Waals surface area contributed by atoms with Crippen LogP contribution in [-0.4, -0.2) is 26.5 Å². The van der Waals surface area contributed by atoms with Crippen molar-refractivity contribution in [3.8, 4) is 11.1 Å². The number of carboxylic acids is 1. The van der Waals surface area contributed by atoms with Gasteiger partial charge in [0, 0.05) is 41.1 Å². The summed E-state index contributed by atoms with van der Waals surface area (Å²) in [5.74, 6) is -1.82. The molecule has 28 heavy (non-hydrogen) atoms. The number of allylic oxidation sites excluding steroid dienone is 1. The fraction of sp³-hybridized carbons (Fsp3) is 0.136. The quantitative estimate of drug-likeness (QED) is 0.710. The summed E-state index contributed by atoms with van der Waals surface area (Å²) in [6, 6.07) is 12.7. The highest BCUT2D eigenvalue weighted by atomic mass is 16.4. The molecule has 140 valence electrons. The van der Waals surface area contributed by atoms with Crippen LogP contribution >= 0.6 is 0 Å². The zero-order chi connectivity index (χ0) is 19.8. The van der Waals surface area contributed by atoms with E-state index in [1.54, 1.807) is 18.3 Å². The average Bonchev–Trinajstić information content (AvgIpc) is 2.69. The molecule has 0 aliphatic heterocycles. The molecule has 3 aromatic rings. The topological polar surface area (TPSA) is 96.6 Å². The Kier molecular flexibility index (Phi) is 4.31. The summed E-state index contributed by atoms with van der Waals surface area (Å²) in [5, 5.41) is 19.9. The van der Waals surface area contributed by atoms with Gasteiger partial charge >= 0.3 is 5.97 Å². The first-order chi connectivity index (χ1) is 13.5. The van der Waals surface area contributed by atoms with Crippen LogP contribution in [0.25, 0.3) is 28.0 Å².